The Hall–Kier alpha value is -0.480. The number of halogens is 1. The molecule has 2 fully saturated rings. The van der Waals surface area contributed by atoms with Gasteiger partial charge in [-0.3, -0.25) is 14.6 Å². The highest BCUT2D eigenvalue weighted by atomic mass is 127. The smallest absolute Gasteiger partial charge is 0.193 e. The summed E-state index contributed by atoms with van der Waals surface area (Å²) in [5, 5.41) is 8.38. The summed E-state index contributed by atoms with van der Waals surface area (Å²) < 4.78 is 1.93. The molecule has 0 amide bonds. The van der Waals surface area contributed by atoms with Crippen LogP contribution < -0.4 is 5.32 Å². The van der Waals surface area contributed by atoms with Crippen molar-refractivity contribution in [3.63, 3.8) is 0 Å². The molecule has 1 N–H and O–H groups in total. The van der Waals surface area contributed by atoms with Gasteiger partial charge in [-0.2, -0.15) is 16.9 Å². The first kappa shape index (κ1) is 24.8. The van der Waals surface area contributed by atoms with Gasteiger partial charge in [-0.15, -0.1) is 24.0 Å². The SMILES string of the molecule is CN=C(NCC1(N2CCSCC2)CCCC1)N(C)Cc1cn(C)nc1C(C)C.I. The molecule has 0 radical (unpaired) electrons. The Morgan fingerprint density at radius 2 is 1.97 bits per heavy atom. The Balaban J connectivity index is 0.00000300. The number of aryl methyl sites for hydroxylation is 1. The van der Waals surface area contributed by atoms with Crippen LogP contribution in [0, 0.1) is 0 Å². The molecule has 0 spiro atoms. The van der Waals surface area contributed by atoms with Crippen LogP contribution in [0.2, 0.25) is 0 Å². The second kappa shape index (κ2) is 11.2. The van der Waals surface area contributed by atoms with Crippen molar-refractivity contribution < 1.29 is 0 Å². The molecule has 1 saturated heterocycles. The van der Waals surface area contributed by atoms with Gasteiger partial charge in [0.2, 0.25) is 0 Å². The quantitative estimate of drug-likeness (QED) is 0.344. The maximum Gasteiger partial charge on any atom is 0.193 e. The van der Waals surface area contributed by atoms with E-state index in [1.54, 1.807) is 0 Å². The third-order valence-corrected chi connectivity index (χ3v) is 7.20. The van der Waals surface area contributed by atoms with Gasteiger partial charge in [-0.1, -0.05) is 26.7 Å². The molecule has 0 unspecified atom stereocenters. The zero-order valence-corrected chi connectivity index (χ0v) is 21.9. The zero-order valence-electron chi connectivity index (χ0n) is 18.8. The first-order valence-electron chi connectivity index (χ1n) is 10.7. The molecule has 2 aliphatic rings. The van der Waals surface area contributed by atoms with Crippen molar-refractivity contribution in [2.45, 2.75) is 57.5 Å². The fourth-order valence-electron chi connectivity index (χ4n) is 4.80. The van der Waals surface area contributed by atoms with Gasteiger partial charge in [0.15, 0.2) is 5.96 Å². The van der Waals surface area contributed by atoms with E-state index < -0.39 is 0 Å². The summed E-state index contributed by atoms with van der Waals surface area (Å²) in [5.41, 5.74) is 2.78. The third-order valence-electron chi connectivity index (χ3n) is 6.26. The van der Waals surface area contributed by atoms with Gasteiger partial charge in [0.05, 0.1) is 5.69 Å². The van der Waals surface area contributed by atoms with E-state index in [4.69, 9.17) is 0 Å². The monoisotopic (exact) mass is 534 g/mol. The maximum absolute atomic E-state index is 4.65. The molecule has 1 aromatic rings. The number of aliphatic imine (C=N–C) groups is 1. The summed E-state index contributed by atoms with van der Waals surface area (Å²) in [6, 6.07) is 0. The lowest BCUT2D eigenvalue weighted by Crippen LogP contribution is -2.57. The van der Waals surface area contributed by atoms with E-state index in [-0.39, 0.29) is 24.0 Å². The van der Waals surface area contributed by atoms with Crippen molar-refractivity contribution in [2.75, 3.05) is 45.2 Å². The number of aromatic nitrogens is 2. The summed E-state index contributed by atoms with van der Waals surface area (Å²) in [7, 11) is 6.03. The van der Waals surface area contributed by atoms with Gasteiger partial charge >= 0.3 is 0 Å². The van der Waals surface area contributed by atoms with Crippen molar-refractivity contribution in [3.05, 3.63) is 17.5 Å². The largest absolute Gasteiger partial charge is 0.354 e. The molecule has 1 aliphatic carbocycles. The first-order valence-corrected chi connectivity index (χ1v) is 11.9. The molecule has 0 aromatic carbocycles. The van der Waals surface area contributed by atoms with Gasteiger partial charge in [-0.05, 0) is 18.8 Å². The highest BCUT2D eigenvalue weighted by Gasteiger charge is 2.40. The van der Waals surface area contributed by atoms with Gasteiger partial charge in [0, 0.05) is 76.1 Å². The fourth-order valence-corrected chi connectivity index (χ4v) is 5.70. The van der Waals surface area contributed by atoms with Crippen LogP contribution >= 0.6 is 35.7 Å². The Bertz CT molecular complexity index is 662. The summed E-state index contributed by atoms with van der Waals surface area (Å²) in [5.74, 6) is 3.96. The molecule has 6 nitrogen and oxygen atoms in total. The summed E-state index contributed by atoms with van der Waals surface area (Å²) in [6.45, 7) is 8.70. The predicted molar refractivity (Wildman–Crippen MR) is 136 cm³/mol. The molecule has 1 aliphatic heterocycles. The van der Waals surface area contributed by atoms with E-state index in [2.05, 4.69) is 64.1 Å². The standard InChI is InChI=1S/C21H38N6S.HI/c1-17(2)19-18(15-26(5)24-19)14-25(4)20(22-3)23-16-21(8-6-7-9-21)27-10-12-28-13-11-27;/h15,17H,6-14,16H2,1-5H3,(H,22,23);1H. The number of hydrogen-bond acceptors (Lipinski definition) is 4. The lowest BCUT2D eigenvalue weighted by Gasteiger charge is -2.44. The second-order valence-corrected chi connectivity index (χ2v) is 9.88. The number of thioether (sulfide) groups is 1. The van der Waals surface area contributed by atoms with E-state index in [0.29, 0.717) is 11.5 Å². The van der Waals surface area contributed by atoms with Crippen molar-refractivity contribution in [3.8, 4) is 0 Å². The molecule has 0 atom stereocenters. The van der Waals surface area contributed by atoms with Gasteiger partial charge in [-0.25, -0.2) is 0 Å². The normalized spacial score (nSPS) is 20.0. The Labute approximate surface area is 198 Å². The van der Waals surface area contributed by atoms with Crippen LogP contribution in [-0.4, -0.2) is 76.3 Å². The Morgan fingerprint density at radius 1 is 1.31 bits per heavy atom. The first-order chi connectivity index (χ1) is 13.4. The molecule has 29 heavy (non-hydrogen) atoms. The van der Waals surface area contributed by atoms with Crippen molar-refractivity contribution in [1.82, 2.24) is 24.9 Å². The molecule has 1 aromatic heterocycles. The van der Waals surface area contributed by atoms with Crippen LogP contribution in [-0.2, 0) is 13.6 Å². The highest BCUT2D eigenvalue weighted by molar-refractivity contribution is 14.0. The molecule has 1 saturated carbocycles. The fraction of sp³-hybridized carbons (Fsp3) is 0.810. The Morgan fingerprint density at radius 3 is 2.55 bits per heavy atom. The number of nitrogens with one attached hydrogen (secondary N) is 1. The second-order valence-electron chi connectivity index (χ2n) is 8.66. The third kappa shape index (κ3) is 6.03. The van der Waals surface area contributed by atoms with E-state index in [9.17, 15) is 0 Å². The lowest BCUT2D eigenvalue weighted by molar-refractivity contribution is 0.106. The highest BCUT2D eigenvalue weighted by Crippen LogP contribution is 2.36. The number of hydrogen-bond donors (Lipinski definition) is 1. The molecule has 8 heteroatoms. The topological polar surface area (TPSA) is 48.7 Å². The summed E-state index contributed by atoms with van der Waals surface area (Å²) in [4.78, 5) is 9.58. The summed E-state index contributed by atoms with van der Waals surface area (Å²) in [6.07, 6.45) is 7.47. The zero-order chi connectivity index (χ0) is 20.1. The van der Waals surface area contributed by atoms with Crippen LogP contribution in [0.1, 0.15) is 56.7 Å². The minimum Gasteiger partial charge on any atom is -0.354 e. The molecule has 166 valence electrons. The molecular weight excluding hydrogens is 495 g/mol. The minimum atomic E-state index is 0. The molecule has 0 bridgehead atoms. The average molecular weight is 535 g/mol. The molecule has 3 rings (SSSR count). The molecule has 2 heterocycles. The van der Waals surface area contributed by atoms with Crippen molar-refractivity contribution in [2.24, 2.45) is 12.0 Å². The van der Waals surface area contributed by atoms with Crippen LogP contribution in [0.3, 0.4) is 0 Å². The number of nitrogens with zero attached hydrogens (tertiary/aromatic N) is 5. The Kier molecular flexibility index (Phi) is 9.60. The van der Waals surface area contributed by atoms with Crippen LogP contribution in [0.25, 0.3) is 0 Å². The van der Waals surface area contributed by atoms with Gasteiger partial charge in [0.1, 0.15) is 0 Å². The number of guanidine groups is 1. The average Bonchev–Trinajstić information content (AvgIpc) is 3.30. The van der Waals surface area contributed by atoms with Gasteiger partial charge < -0.3 is 10.2 Å². The summed E-state index contributed by atoms with van der Waals surface area (Å²) >= 11 is 2.09. The van der Waals surface area contributed by atoms with Gasteiger partial charge in [0.25, 0.3) is 0 Å². The van der Waals surface area contributed by atoms with E-state index in [1.807, 2.05) is 18.8 Å². The van der Waals surface area contributed by atoms with E-state index in [1.165, 1.54) is 61.5 Å². The van der Waals surface area contributed by atoms with Crippen LogP contribution in [0.5, 0.6) is 0 Å². The number of rotatable bonds is 6. The van der Waals surface area contributed by atoms with Crippen molar-refractivity contribution in [1.29, 1.82) is 0 Å². The maximum atomic E-state index is 4.65. The minimum absolute atomic E-state index is 0. The van der Waals surface area contributed by atoms with Crippen LogP contribution in [0.15, 0.2) is 11.2 Å². The van der Waals surface area contributed by atoms with E-state index >= 15 is 0 Å². The van der Waals surface area contributed by atoms with E-state index in [0.717, 1.165) is 19.0 Å². The van der Waals surface area contributed by atoms with Crippen molar-refractivity contribution >= 4 is 41.7 Å². The van der Waals surface area contributed by atoms with Crippen LogP contribution in [0.4, 0.5) is 0 Å². The predicted octanol–water partition coefficient (Wildman–Crippen LogP) is 3.53. The lowest BCUT2D eigenvalue weighted by atomic mass is 9.94. The molecular formula is C21H39IN6S.